The molecule has 1 atom stereocenters. The summed E-state index contributed by atoms with van der Waals surface area (Å²) in [6.45, 7) is 2.79. The first-order chi connectivity index (χ1) is 12.4. The number of piperidine rings is 1. The molecule has 0 aromatic carbocycles. The van der Waals surface area contributed by atoms with E-state index in [0.717, 1.165) is 37.8 Å². The number of sulfonamides is 1. The number of aryl methyl sites for hydroxylation is 1. The largest absolute Gasteiger partial charge is 0.381 e. The molecule has 0 spiro atoms. The molecule has 1 N–H and O–H groups in total. The SMILES string of the molecule is Cn1cc(CNS(=O)(=O)C[C@H]2CCCN(C(=O)C3CCOCC3)C2)cn1. The zero-order valence-electron chi connectivity index (χ0n) is 15.3. The van der Waals surface area contributed by atoms with Gasteiger partial charge < -0.3 is 9.64 Å². The van der Waals surface area contributed by atoms with Crippen molar-refractivity contribution in [3.05, 3.63) is 18.0 Å². The van der Waals surface area contributed by atoms with Crippen LogP contribution in [0.4, 0.5) is 0 Å². The van der Waals surface area contributed by atoms with Gasteiger partial charge in [-0.05, 0) is 31.6 Å². The van der Waals surface area contributed by atoms with Crippen LogP contribution in [0, 0.1) is 11.8 Å². The Morgan fingerprint density at radius 1 is 1.35 bits per heavy atom. The highest BCUT2D eigenvalue weighted by Crippen LogP contribution is 2.23. The quantitative estimate of drug-likeness (QED) is 0.771. The summed E-state index contributed by atoms with van der Waals surface area (Å²) < 4.78 is 34.4. The van der Waals surface area contributed by atoms with Crippen LogP contribution in [0.25, 0.3) is 0 Å². The van der Waals surface area contributed by atoms with Crippen molar-refractivity contribution in [2.75, 3.05) is 32.1 Å². The number of nitrogens with one attached hydrogen (secondary N) is 1. The number of nitrogens with zero attached hydrogens (tertiary/aromatic N) is 3. The molecule has 0 saturated carbocycles. The average molecular weight is 385 g/mol. The maximum Gasteiger partial charge on any atom is 0.225 e. The van der Waals surface area contributed by atoms with Crippen LogP contribution in [0.3, 0.4) is 0 Å². The monoisotopic (exact) mass is 384 g/mol. The maximum absolute atomic E-state index is 12.7. The minimum Gasteiger partial charge on any atom is -0.381 e. The van der Waals surface area contributed by atoms with Gasteiger partial charge in [-0.25, -0.2) is 13.1 Å². The number of amides is 1. The first kappa shape index (κ1) is 19.3. The summed E-state index contributed by atoms with van der Waals surface area (Å²) in [5, 5.41) is 4.04. The molecule has 3 heterocycles. The Bertz CT molecular complexity index is 712. The lowest BCUT2D eigenvalue weighted by atomic mass is 9.95. The highest BCUT2D eigenvalue weighted by Gasteiger charge is 2.31. The third-order valence-electron chi connectivity index (χ3n) is 5.11. The van der Waals surface area contributed by atoms with Crippen molar-refractivity contribution in [1.82, 2.24) is 19.4 Å². The van der Waals surface area contributed by atoms with E-state index in [9.17, 15) is 13.2 Å². The molecule has 9 heteroatoms. The molecule has 0 radical (unpaired) electrons. The molecule has 26 heavy (non-hydrogen) atoms. The number of rotatable bonds is 6. The van der Waals surface area contributed by atoms with Gasteiger partial charge in [-0.2, -0.15) is 5.10 Å². The molecule has 0 bridgehead atoms. The van der Waals surface area contributed by atoms with E-state index in [4.69, 9.17) is 4.74 Å². The van der Waals surface area contributed by atoms with Gasteiger partial charge in [-0.1, -0.05) is 0 Å². The second kappa shape index (κ2) is 8.49. The van der Waals surface area contributed by atoms with Gasteiger partial charge in [0.15, 0.2) is 0 Å². The zero-order chi connectivity index (χ0) is 18.6. The molecule has 1 amide bonds. The highest BCUT2D eigenvalue weighted by atomic mass is 32.2. The first-order valence-corrected chi connectivity index (χ1v) is 10.9. The second-order valence-electron chi connectivity index (χ2n) is 7.30. The van der Waals surface area contributed by atoms with Gasteiger partial charge in [0.1, 0.15) is 0 Å². The van der Waals surface area contributed by atoms with Gasteiger partial charge in [-0.3, -0.25) is 9.48 Å². The average Bonchev–Trinajstić information content (AvgIpc) is 3.05. The molecule has 2 saturated heterocycles. The van der Waals surface area contributed by atoms with E-state index in [1.54, 1.807) is 24.1 Å². The molecule has 8 nitrogen and oxygen atoms in total. The summed E-state index contributed by atoms with van der Waals surface area (Å²) in [7, 11) is -1.59. The number of hydrogen-bond donors (Lipinski definition) is 1. The lowest BCUT2D eigenvalue weighted by Gasteiger charge is -2.35. The molecular weight excluding hydrogens is 356 g/mol. The molecular formula is C17H28N4O4S. The van der Waals surface area contributed by atoms with Gasteiger partial charge in [0.2, 0.25) is 15.9 Å². The Balaban J connectivity index is 1.51. The molecule has 0 unspecified atom stereocenters. The first-order valence-electron chi connectivity index (χ1n) is 9.24. The molecule has 146 valence electrons. The van der Waals surface area contributed by atoms with Crippen molar-refractivity contribution in [3.8, 4) is 0 Å². The van der Waals surface area contributed by atoms with Crippen LogP contribution in [0.1, 0.15) is 31.2 Å². The normalized spacial score (nSPS) is 22.5. The van der Waals surface area contributed by atoms with Crippen molar-refractivity contribution in [1.29, 1.82) is 0 Å². The van der Waals surface area contributed by atoms with Gasteiger partial charge in [0.05, 0.1) is 11.9 Å². The van der Waals surface area contributed by atoms with Gasteiger partial charge in [0, 0.05) is 57.6 Å². The number of carbonyl (C=O) groups excluding carboxylic acids is 1. The molecule has 1 aromatic rings. The number of hydrogen-bond acceptors (Lipinski definition) is 5. The van der Waals surface area contributed by atoms with Crippen LogP contribution >= 0.6 is 0 Å². The summed E-state index contributed by atoms with van der Waals surface area (Å²) in [5.41, 5.74) is 0.830. The van der Waals surface area contributed by atoms with Crippen molar-refractivity contribution in [2.24, 2.45) is 18.9 Å². The predicted molar refractivity (Wildman–Crippen MR) is 96.7 cm³/mol. The Hall–Kier alpha value is -1.45. The smallest absolute Gasteiger partial charge is 0.225 e. The van der Waals surface area contributed by atoms with Crippen LogP contribution in [-0.4, -0.2) is 61.1 Å². The van der Waals surface area contributed by atoms with Crippen LogP contribution in [0.5, 0.6) is 0 Å². The van der Waals surface area contributed by atoms with E-state index in [1.165, 1.54) is 0 Å². The maximum atomic E-state index is 12.7. The van der Waals surface area contributed by atoms with Crippen LogP contribution < -0.4 is 4.72 Å². The molecule has 2 fully saturated rings. The molecule has 2 aliphatic heterocycles. The number of ether oxygens (including phenoxy) is 1. The van der Waals surface area contributed by atoms with E-state index in [2.05, 4.69) is 9.82 Å². The van der Waals surface area contributed by atoms with Crippen molar-refractivity contribution in [3.63, 3.8) is 0 Å². The molecule has 2 aliphatic rings. The third kappa shape index (κ3) is 5.28. The van der Waals surface area contributed by atoms with Gasteiger partial charge in [0.25, 0.3) is 0 Å². The van der Waals surface area contributed by atoms with Crippen LogP contribution in [0.2, 0.25) is 0 Å². The number of likely N-dealkylation sites (tertiary alicyclic amines) is 1. The van der Waals surface area contributed by atoms with Gasteiger partial charge >= 0.3 is 0 Å². The topological polar surface area (TPSA) is 93.5 Å². The Labute approximate surface area is 154 Å². The predicted octanol–water partition coefficient (Wildman–Crippen LogP) is 0.505. The minimum atomic E-state index is -3.39. The van der Waals surface area contributed by atoms with Crippen LogP contribution in [-0.2, 0) is 33.1 Å². The summed E-state index contributed by atoms with van der Waals surface area (Å²) in [4.78, 5) is 14.5. The Kier molecular flexibility index (Phi) is 6.31. The fourth-order valence-corrected chi connectivity index (χ4v) is 5.13. The van der Waals surface area contributed by atoms with Gasteiger partial charge in [-0.15, -0.1) is 0 Å². The summed E-state index contributed by atoms with van der Waals surface area (Å²) in [5.74, 6) is 0.241. The molecule has 3 rings (SSSR count). The fourth-order valence-electron chi connectivity index (χ4n) is 3.73. The second-order valence-corrected chi connectivity index (χ2v) is 9.16. The molecule has 0 aliphatic carbocycles. The number of aromatic nitrogens is 2. The highest BCUT2D eigenvalue weighted by molar-refractivity contribution is 7.89. The Morgan fingerprint density at radius 3 is 2.81 bits per heavy atom. The van der Waals surface area contributed by atoms with E-state index in [1.807, 2.05) is 4.90 Å². The summed E-state index contributed by atoms with van der Waals surface area (Å²) in [6.07, 6.45) is 6.67. The lowest BCUT2D eigenvalue weighted by Crippen LogP contribution is -2.46. The van der Waals surface area contributed by atoms with Crippen molar-refractivity contribution in [2.45, 2.75) is 32.2 Å². The van der Waals surface area contributed by atoms with Crippen molar-refractivity contribution >= 4 is 15.9 Å². The Morgan fingerprint density at radius 2 is 2.12 bits per heavy atom. The van der Waals surface area contributed by atoms with E-state index in [0.29, 0.717) is 19.8 Å². The van der Waals surface area contributed by atoms with Crippen molar-refractivity contribution < 1.29 is 17.9 Å². The minimum absolute atomic E-state index is 0.0149. The van der Waals surface area contributed by atoms with E-state index in [-0.39, 0.29) is 30.0 Å². The van der Waals surface area contributed by atoms with E-state index >= 15 is 0 Å². The fraction of sp³-hybridized carbons (Fsp3) is 0.765. The van der Waals surface area contributed by atoms with E-state index < -0.39 is 10.0 Å². The standard InChI is InChI=1S/C17H28N4O4S/c1-20-11-15(9-18-20)10-19-26(23,24)13-14-3-2-6-21(12-14)17(22)16-4-7-25-8-5-16/h9,11,14,16,19H,2-8,10,12-13H2,1H3/t14-/m0/s1. The third-order valence-corrected chi connectivity index (χ3v) is 6.61. The molecule has 1 aromatic heterocycles. The lowest BCUT2D eigenvalue weighted by molar-refractivity contribution is -0.140. The number of carbonyl (C=O) groups is 1. The summed E-state index contributed by atoms with van der Waals surface area (Å²) in [6, 6.07) is 0. The van der Waals surface area contributed by atoms with Crippen LogP contribution in [0.15, 0.2) is 12.4 Å². The summed E-state index contributed by atoms with van der Waals surface area (Å²) >= 11 is 0. The zero-order valence-corrected chi connectivity index (χ0v) is 16.1.